The van der Waals surface area contributed by atoms with Gasteiger partial charge in [-0.2, -0.15) is 0 Å². The predicted octanol–water partition coefficient (Wildman–Crippen LogP) is 3.06. The normalized spacial score (nSPS) is 15.2. The molecule has 2 aromatic rings. The van der Waals surface area contributed by atoms with Crippen LogP contribution in [0.3, 0.4) is 0 Å². The summed E-state index contributed by atoms with van der Waals surface area (Å²) in [5.41, 5.74) is 2.31. The number of nitrogens with zero attached hydrogens (tertiary/aromatic N) is 1. The summed E-state index contributed by atoms with van der Waals surface area (Å²) in [5, 5.41) is 2.94. The Labute approximate surface area is 122 Å². The fourth-order valence-electron chi connectivity index (χ4n) is 2.60. The molecular formula is C15H19N3OS. The molecule has 1 aliphatic rings. The van der Waals surface area contributed by atoms with E-state index in [9.17, 15) is 4.79 Å². The van der Waals surface area contributed by atoms with Gasteiger partial charge in [-0.15, -0.1) is 11.3 Å². The third-order valence-electron chi connectivity index (χ3n) is 3.71. The summed E-state index contributed by atoms with van der Waals surface area (Å²) in [6, 6.07) is 2.09. The van der Waals surface area contributed by atoms with Gasteiger partial charge >= 0.3 is 0 Å². The molecule has 5 heteroatoms. The van der Waals surface area contributed by atoms with Gasteiger partial charge in [0.05, 0.1) is 23.4 Å². The number of carbonyl (C=O) groups is 1. The highest BCUT2D eigenvalue weighted by Gasteiger charge is 2.15. The molecule has 1 aliphatic carbocycles. The molecule has 3 rings (SSSR count). The van der Waals surface area contributed by atoms with Gasteiger partial charge in [0, 0.05) is 11.1 Å². The summed E-state index contributed by atoms with van der Waals surface area (Å²) < 4.78 is 0. The van der Waals surface area contributed by atoms with E-state index in [2.05, 4.69) is 21.4 Å². The number of aromatic nitrogens is 2. The van der Waals surface area contributed by atoms with Crippen LogP contribution < -0.4 is 5.32 Å². The lowest BCUT2D eigenvalue weighted by molar-refractivity contribution is 0.0954. The van der Waals surface area contributed by atoms with Gasteiger partial charge in [-0.1, -0.05) is 12.8 Å². The molecule has 0 bridgehead atoms. The van der Waals surface area contributed by atoms with Crippen LogP contribution in [0.15, 0.2) is 18.6 Å². The number of carbonyl (C=O) groups excluding carboxylic acids is 1. The molecule has 0 saturated heterocycles. The van der Waals surface area contributed by atoms with Crippen LogP contribution in [-0.4, -0.2) is 15.9 Å². The first-order valence-electron chi connectivity index (χ1n) is 7.20. The van der Waals surface area contributed by atoms with E-state index in [1.54, 1.807) is 23.9 Å². The molecule has 0 fully saturated rings. The number of imidazole rings is 1. The van der Waals surface area contributed by atoms with E-state index in [1.807, 2.05) is 0 Å². The van der Waals surface area contributed by atoms with Crippen molar-refractivity contribution in [3.8, 4) is 0 Å². The van der Waals surface area contributed by atoms with Crippen LogP contribution in [0.25, 0.3) is 0 Å². The van der Waals surface area contributed by atoms with Crippen molar-refractivity contribution >= 4 is 17.2 Å². The summed E-state index contributed by atoms with van der Waals surface area (Å²) in [5.74, 6) is 0.0244. The van der Waals surface area contributed by atoms with Crippen molar-refractivity contribution in [3.63, 3.8) is 0 Å². The maximum atomic E-state index is 12.2. The number of amides is 1. The van der Waals surface area contributed by atoms with Crippen molar-refractivity contribution in [2.24, 2.45) is 0 Å². The van der Waals surface area contributed by atoms with E-state index >= 15 is 0 Å². The molecule has 2 N–H and O–H groups in total. The van der Waals surface area contributed by atoms with Crippen LogP contribution in [0, 0.1) is 0 Å². The molecule has 1 amide bonds. The van der Waals surface area contributed by atoms with Crippen molar-refractivity contribution in [2.75, 3.05) is 0 Å². The number of H-pyrrole nitrogens is 1. The second-order valence-electron chi connectivity index (χ2n) is 5.23. The zero-order valence-corrected chi connectivity index (χ0v) is 12.3. The zero-order valence-electron chi connectivity index (χ0n) is 11.4. The minimum atomic E-state index is 0.0244. The lowest BCUT2D eigenvalue weighted by Crippen LogP contribution is -2.21. The van der Waals surface area contributed by atoms with Crippen LogP contribution in [0.5, 0.6) is 0 Å². The van der Waals surface area contributed by atoms with Crippen LogP contribution >= 0.6 is 11.3 Å². The number of fused-ring (bicyclic) bond motifs is 1. The molecule has 2 heterocycles. The maximum absolute atomic E-state index is 12.2. The van der Waals surface area contributed by atoms with Crippen LogP contribution in [0.2, 0.25) is 0 Å². The highest BCUT2D eigenvalue weighted by atomic mass is 32.1. The smallest absolute Gasteiger partial charge is 0.261 e. The van der Waals surface area contributed by atoms with Crippen molar-refractivity contribution in [2.45, 2.75) is 45.1 Å². The molecule has 0 aliphatic heterocycles. The van der Waals surface area contributed by atoms with Gasteiger partial charge in [-0.05, 0) is 37.3 Å². The van der Waals surface area contributed by atoms with E-state index < -0.39 is 0 Å². The van der Waals surface area contributed by atoms with Crippen LogP contribution in [0.4, 0.5) is 0 Å². The molecule has 0 aromatic carbocycles. The van der Waals surface area contributed by atoms with E-state index in [-0.39, 0.29) is 5.91 Å². The first-order valence-corrected chi connectivity index (χ1v) is 8.01. The SMILES string of the molecule is O=C(NCc1cnc[nH]1)c1cc2c(s1)CCCCCC2. The van der Waals surface area contributed by atoms with Crippen LogP contribution in [0.1, 0.15) is 51.5 Å². The monoisotopic (exact) mass is 289 g/mol. The van der Waals surface area contributed by atoms with Gasteiger partial charge < -0.3 is 10.3 Å². The maximum Gasteiger partial charge on any atom is 0.261 e. The van der Waals surface area contributed by atoms with Gasteiger partial charge in [-0.3, -0.25) is 4.79 Å². The average molecular weight is 289 g/mol. The van der Waals surface area contributed by atoms with Gasteiger partial charge in [0.2, 0.25) is 0 Å². The first kappa shape index (κ1) is 13.4. The summed E-state index contributed by atoms with van der Waals surface area (Å²) in [6.07, 6.45) is 10.7. The largest absolute Gasteiger partial charge is 0.347 e. The molecule has 4 nitrogen and oxygen atoms in total. The third kappa shape index (κ3) is 3.10. The molecule has 2 aromatic heterocycles. The van der Waals surface area contributed by atoms with Gasteiger partial charge in [0.25, 0.3) is 5.91 Å². The van der Waals surface area contributed by atoms with E-state index in [0.29, 0.717) is 6.54 Å². The molecule has 0 saturated carbocycles. The number of hydrogen-bond donors (Lipinski definition) is 2. The Balaban J connectivity index is 1.67. The Morgan fingerprint density at radius 3 is 2.95 bits per heavy atom. The van der Waals surface area contributed by atoms with E-state index in [0.717, 1.165) is 23.4 Å². The quantitative estimate of drug-likeness (QED) is 0.912. The minimum absolute atomic E-state index is 0.0244. The Morgan fingerprint density at radius 1 is 1.30 bits per heavy atom. The molecule has 0 radical (unpaired) electrons. The van der Waals surface area contributed by atoms with E-state index in [1.165, 1.54) is 36.1 Å². The van der Waals surface area contributed by atoms with Gasteiger partial charge in [0.15, 0.2) is 0 Å². The standard InChI is InChI=1S/C15H19N3OS/c19-15(17-9-12-8-16-10-18-12)14-7-11-5-3-1-2-4-6-13(11)20-14/h7-8,10H,1-6,9H2,(H,16,18)(H,17,19). The molecule has 20 heavy (non-hydrogen) atoms. The van der Waals surface area contributed by atoms with Crippen molar-refractivity contribution in [1.82, 2.24) is 15.3 Å². The molecule has 0 atom stereocenters. The van der Waals surface area contributed by atoms with Crippen molar-refractivity contribution < 1.29 is 4.79 Å². The second kappa shape index (κ2) is 6.22. The Bertz CT molecular complexity index is 548. The Hall–Kier alpha value is -1.62. The highest BCUT2D eigenvalue weighted by Crippen LogP contribution is 2.28. The minimum Gasteiger partial charge on any atom is -0.347 e. The topological polar surface area (TPSA) is 57.8 Å². The first-order chi connectivity index (χ1) is 9.83. The number of nitrogens with one attached hydrogen (secondary N) is 2. The summed E-state index contributed by atoms with van der Waals surface area (Å²) >= 11 is 1.67. The Kier molecular flexibility index (Phi) is 4.16. The molecular weight excluding hydrogens is 270 g/mol. The zero-order chi connectivity index (χ0) is 13.8. The number of rotatable bonds is 3. The third-order valence-corrected chi connectivity index (χ3v) is 4.95. The van der Waals surface area contributed by atoms with E-state index in [4.69, 9.17) is 0 Å². The van der Waals surface area contributed by atoms with Crippen molar-refractivity contribution in [3.05, 3.63) is 39.6 Å². The number of aromatic amines is 1. The fourth-order valence-corrected chi connectivity index (χ4v) is 3.77. The number of aryl methyl sites for hydroxylation is 2. The highest BCUT2D eigenvalue weighted by molar-refractivity contribution is 7.14. The lowest BCUT2D eigenvalue weighted by Gasteiger charge is -2.07. The number of hydrogen-bond acceptors (Lipinski definition) is 3. The molecule has 0 unspecified atom stereocenters. The second-order valence-corrected chi connectivity index (χ2v) is 6.37. The Morgan fingerprint density at radius 2 is 2.15 bits per heavy atom. The summed E-state index contributed by atoms with van der Waals surface area (Å²) in [4.78, 5) is 21.4. The van der Waals surface area contributed by atoms with Crippen molar-refractivity contribution in [1.29, 1.82) is 0 Å². The summed E-state index contributed by atoms with van der Waals surface area (Å²) in [7, 11) is 0. The van der Waals surface area contributed by atoms with Crippen LogP contribution in [-0.2, 0) is 19.4 Å². The van der Waals surface area contributed by atoms with Gasteiger partial charge in [0.1, 0.15) is 0 Å². The molecule has 106 valence electrons. The van der Waals surface area contributed by atoms with Gasteiger partial charge in [-0.25, -0.2) is 4.98 Å². The predicted molar refractivity (Wildman–Crippen MR) is 80.0 cm³/mol. The number of thiophene rings is 1. The lowest BCUT2D eigenvalue weighted by atomic mass is 10.00. The fraction of sp³-hybridized carbons (Fsp3) is 0.467. The summed E-state index contributed by atoms with van der Waals surface area (Å²) in [6.45, 7) is 0.501. The molecule has 0 spiro atoms. The average Bonchev–Trinajstić information content (AvgIpc) is 3.06.